The molecule has 2 aromatic carbocycles. The molecule has 8 heteroatoms. The second kappa shape index (κ2) is 7.20. The largest absolute Gasteiger partial charge is 0.422 e. The molecule has 2 aromatic heterocycles. The second-order valence-corrected chi connectivity index (χ2v) is 6.73. The molecule has 5 nitrogen and oxygen atoms in total. The Morgan fingerprint density at radius 3 is 2.31 bits per heavy atom. The molecular formula is C21H17F3N4O. The van der Waals surface area contributed by atoms with Crippen LogP contribution in [0.2, 0.25) is 0 Å². The van der Waals surface area contributed by atoms with Crippen LogP contribution in [0.3, 0.4) is 0 Å². The predicted octanol–water partition coefficient (Wildman–Crippen LogP) is 5.59. The molecule has 0 saturated carbocycles. The van der Waals surface area contributed by atoms with E-state index in [1.807, 2.05) is 32.0 Å². The Hall–Kier alpha value is -3.42. The minimum absolute atomic E-state index is 0.315. The third-order valence-electron chi connectivity index (χ3n) is 4.69. The van der Waals surface area contributed by atoms with Gasteiger partial charge in [0.2, 0.25) is 5.89 Å². The van der Waals surface area contributed by atoms with Gasteiger partial charge in [-0.25, -0.2) is 9.97 Å². The van der Waals surface area contributed by atoms with Crippen molar-refractivity contribution in [1.29, 1.82) is 0 Å². The molecule has 0 aliphatic carbocycles. The number of aromatic nitrogens is 3. The Labute approximate surface area is 164 Å². The highest BCUT2D eigenvalue weighted by Crippen LogP contribution is 2.31. The van der Waals surface area contributed by atoms with Crippen LogP contribution in [0.25, 0.3) is 11.2 Å². The van der Waals surface area contributed by atoms with Gasteiger partial charge in [0.05, 0.1) is 5.56 Å². The Balaban J connectivity index is 1.63. The van der Waals surface area contributed by atoms with E-state index in [1.54, 1.807) is 0 Å². The van der Waals surface area contributed by atoms with Crippen molar-refractivity contribution in [2.45, 2.75) is 26.4 Å². The van der Waals surface area contributed by atoms with Gasteiger partial charge in [0.15, 0.2) is 11.3 Å². The van der Waals surface area contributed by atoms with Gasteiger partial charge in [-0.2, -0.15) is 18.2 Å². The maximum atomic E-state index is 12.7. The highest BCUT2D eigenvalue weighted by Gasteiger charge is 2.30. The van der Waals surface area contributed by atoms with Gasteiger partial charge >= 0.3 is 6.18 Å². The first-order valence-electron chi connectivity index (χ1n) is 8.91. The Morgan fingerprint density at radius 1 is 0.966 bits per heavy atom. The van der Waals surface area contributed by atoms with Crippen LogP contribution in [0, 0.1) is 13.8 Å². The lowest BCUT2D eigenvalue weighted by Gasteiger charge is -2.09. The molecule has 1 N–H and O–H groups in total. The summed E-state index contributed by atoms with van der Waals surface area (Å²) in [5.74, 6) is 0.861. The van der Waals surface area contributed by atoms with Gasteiger partial charge in [0.25, 0.3) is 5.71 Å². The zero-order valence-corrected chi connectivity index (χ0v) is 15.7. The molecule has 0 aliphatic heterocycles. The zero-order valence-electron chi connectivity index (χ0n) is 15.7. The highest BCUT2D eigenvalue weighted by atomic mass is 19.4. The van der Waals surface area contributed by atoms with Crippen molar-refractivity contribution in [3.8, 4) is 0 Å². The Kier molecular flexibility index (Phi) is 4.70. The standard InChI is InChI=1S/C21H17F3N4O/c1-12-4-3-5-13(2)16(12)10-17-28-18-19(25-11-26-20(18)29-17)27-15-8-6-14(7-9-15)21(22,23)24/h3-9,11H,10H2,1-2H3,(H,25,26,27). The van der Waals surface area contributed by atoms with Crippen molar-refractivity contribution >= 4 is 22.7 Å². The molecule has 0 radical (unpaired) electrons. The minimum atomic E-state index is -4.38. The summed E-state index contributed by atoms with van der Waals surface area (Å²) in [5.41, 5.74) is 3.89. The fourth-order valence-corrected chi connectivity index (χ4v) is 3.12. The number of benzene rings is 2. The average molecular weight is 398 g/mol. The lowest BCUT2D eigenvalue weighted by Crippen LogP contribution is -2.04. The van der Waals surface area contributed by atoms with E-state index in [0.29, 0.717) is 35.0 Å². The summed E-state index contributed by atoms with van der Waals surface area (Å²) in [6.45, 7) is 4.06. The second-order valence-electron chi connectivity index (χ2n) is 6.73. The number of aryl methyl sites for hydroxylation is 2. The Morgan fingerprint density at radius 2 is 1.66 bits per heavy atom. The third kappa shape index (κ3) is 3.91. The van der Waals surface area contributed by atoms with E-state index in [2.05, 4.69) is 20.3 Å². The Bertz CT molecular complexity index is 1150. The number of alkyl halides is 3. The molecule has 0 amide bonds. The molecule has 0 saturated heterocycles. The van der Waals surface area contributed by atoms with E-state index >= 15 is 0 Å². The van der Waals surface area contributed by atoms with Crippen molar-refractivity contribution < 1.29 is 17.6 Å². The summed E-state index contributed by atoms with van der Waals surface area (Å²) >= 11 is 0. The number of hydrogen-bond donors (Lipinski definition) is 1. The van der Waals surface area contributed by atoms with Crippen molar-refractivity contribution in [2.24, 2.45) is 0 Å². The lowest BCUT2D eigenvalue weighted by atomic mass is 10.0. The number of nitrogens with one attached hydrogen (secondary N) is 1. The molecule has 0 aliphatic rings. The van der Waals surface area contributed by atoms with Gasteiger partial charge in [0.1, 0.15) is 6.33 Å². The van der Waals surface area contributed by atoms with Crippen LogP contribution in [0.5, 0.6) is 0 Å². The predicted molar refractivity (Wildman–Crippen MR) is 103 cm³/mol. The summed E-state index contributed by atoms with van der Waals surface area (Å²) in [6, 6.07) is 10.8. The molecular weight excluding hydrogens is 381 g/mol. The van der Waals surface area contributed by atoms with E-state index in [0.717, 1.165) is 28.8 Å². The van der Waals surface area contributed by atoms with Gasteiger partial charge in [-0.3, -0.25) is 0 Å². The number of nitrogens with zero attached hydrogens (tertiary/aromatic N) is 3. The lowest BCUT2D eigenvalue weighted by molar-refractivity contribution is -0.137. The number of anilines is 2. The van der Waals surface area contributed by atoms with Crippen molar-refractivity contribution in [2.75, 3.05) is 5.32 Å². The molecule has 4 aromatic rings. The van der Waals surface area contributed by atoms with E-state index in [9.17, 15) is 13.2 Å². The smallest absolute Gasteiger partial charge is 0.416 e. The van der Waals surface area contributed by atoms with E-state index in [1.165, 1.54) is 18.5 Å². The SMILES string of the molecule is Cc1cccc(C)c1Cc1nc2c(Nc3ccc(C(F)(F)F)cc3)ncnc2o1. The van der Waals surface area contributed by atoms with Crippen LogP contribution >= 0.6 is 0 Å². The molecule has 2 heterocycles. The molecule has 0 spiro atoms. The van der Waals surface area contributed by atoms with Crippen molar-refractivity contribution in [3.05, 3.63) is 76.9 Å². The normalized spacial score (nSPS) is 11.8. The van der Waals surface area contributed by atoms with E-state index in [-0.39, 0.29) is 0 Å². The van der Waals surface area contributed by atoms with E-state index in [4.69, 9.17) is 4.42 Å². The molecule has 148 valence electrons. The highest BCUT2D eigenvalue weighted by molar-refractivity contribution is 5.83. The summed E-state index contributed by atoms with van der Waals surface area (Å²) in [6.07, 6.45) is -2.55. The molecule has 0 atom stereocenters. The summed E-state index contributed by atoms with van der Waals surface area (Å²) in [5, 5.41) is 2.98. The van der Waals surface area contributed by atoms with E-state index < -0.39 is 11.7 Å². The first kappa shape index (κ1) is 18.9. The van der Waals surface area contributed by atoms with Crippen molar-refractivity contribution in [3.63, 3.8) is 0 Å². The van der Waals surface area contributed by atoms with Gasteiger partial charge in [-0.1, -0.05) is 18.2 Å². The van der Waals surface area contributed by atoms with Crippen molar-refractivity contribution in [1.82, 2.24) is 15.0 Å². The number of oxazole rings is 1. The van der Waals surface area contributed by atoms with Crippen LogP contribution in [-0.4, -0.2) is 15.0 Å². The molecule has 0 unspecified atom stereocenters. The third-order valence-corrected chi connectivity index (χ3v) is 4.69. The van der Waals surface area contributed by atoms with Crippen LogP contribution in [0.15, 0.2) is 53.2 Å². The summed E-state index contributed by atoms with van der Waals surface area (Å²) in [7, 11) is 0. The maximum absolute atomic E-state index is 12.7. The molecule has 0 fully saturated rings. The fourth-order valence-electron chi connectivity index (χ4n) is 3.12. The summed E-state index contributed by atoms with van der Waals surface area (Å²) in [4.78, 5) is 12.8. The van der Waals surface area contributed by atoms with Crippen LogP contribution in [-0.2, 0) is 12.6 Å². The zero-order chi connectivity index (χ0) is 20.6. The number of fused-ring (bicyclic) bond motifs is 1. The fraction of sp³-hybridized carbons (Fsp3) is 0.190. The van der Waals surface area contributed by atoms with Crippen LogP contribution in [0.1, 0.15) is 28.1 Å². The van der Waals surface area contributed by atoms with Crippen LogP contribution < -0.4 is 5.32 Å². The van der Waals surface area contributed by atoms with Gasteiger partial charge < -0.3 is 9.73 Å². The first-order valence-corrected chi connectivity index (χ1v) is 8.91. The number of rotatable bonds is 4. The molecule has 0 bridgehead atoms. The monoisotopic (exact) mass is 398 g/mol. The van der Waals surface area contributed by atoms with Crippen LogP contribution in [0.4, 0.5) is 24.7 Å². The summed E-state index contributed by atoms with van der Waals surface area (Å²) < 4.78 is 44.0. The maximum Gasteiger partial charge on any atom is 0.416 e. The minimum Gasteiger partial charge on any atom is -0.422 e. The first-order chi connectivity index (χ1) is 13.8. The topological polar surface area (TPSA) is 63.8 Å². The molecule has 4 rings (SSSR count). The number of hydrogen-bond acceptors (Lipinski definition) is 5. The average Bonchev–Trinajstić information content (AvgIpc) is 3.08. The van der Waals surface area contributed by atoms with Gasteiger partial charge in [0, 0.05) is 12.1 Å². The number of halogens is 3. The quantitative estimate of drug-likeness (QED) is 0.486. The van der Waals surface area contributed by atoms with Gasteiger partial charge in [-0.05, 0) is 54.8 Å². The van der Waals surface area contributed by atoms with Gasteiger partial charge in [-0.15, -0.1) is 0 Å². The molecule has 29 heavy (non-hydrogen) atoms.